The number of carbonyl (C=O) groups excluding carboxylic acids is 1. The molecule has 0 amide bonds. The van der Waals surface area contributed by atoms with Crippen LogP contribution in [0, 0.1) is 0 Å². The third kappa shape index (κ3) is 4.34. The van der Waals surface area contributed by atoms with Gasteiger partial charge in [-0.25, -0.2) is 4.79 Å². The summed E-state index contributed by atoms with van der Waals surface area (Å²) in [7, 11) is 0. The van der Waals surface area contributed by atoms with E-state index >= 15 is 0 Å². The quantitative estimate of drug-likeness (QED) is 0.476. The lowest BCUT2D eigenvalue weighted by atomic mass is 10.1. The van der Waals surface area contributed by atoms with Crippen LogP contribution in [-0.2, 0) is 9.53 Å². The van der Waals surface area contributed by atoms with Crippen molar-refractivity contribution in [3.8, 4) is 0 Å². The van der Waals surface area contributed by atoms with Crippen molar-refractivity contribution in [3.05, 3.63) is 48.0 Å². The number of hydrogen-bond acceptors (Lipinski definition) is 3. The normalized spacial score (nSPS) is 13.7. The first-order valence-electron chi connectivity index (χ1n) is 6.22. The zero-order valence-electron chi connectivity index (χ0n) is 11.3. The molecule has 3 nitrogen and oxygen atoms in total. The van der Waals surface area contributed by atoms with E-state index in [-0.39, 0.29) is 18.2 Å². The fraction of sp³-hybridized carbons (Fsp3) is 0.400. The maximum Gasteiger partial charge on any atom is 0.334 e. The van der Waals surface area contributed by atoms with Crippen LogP contribution in [-0.4, -0.2) is 12.2 Å². The minimum Gasteiger partial charge on any atom is -0.443 e. The predicted octanol–water partition coefficient (Wildman–Crippen LogP) is 3.19. The minimum absolute atomic E-state index is 0.133. The Kier molecular flexibility index (Phi) is 5.59. The van der Waals surface area contributed by atoms with Gasteiger partial charge >= 0.3 is 5.97 Å². The van der Waals surface area contributed by atoms with Gasteiger partial charge in [-0.1, -0.05) is 43.8 Å². The molecule has 2 unspecified atom stereocenters. The lowest BCUT2D eigenvalue weighted by molar-refractivity contribution is -0.146. The number of rotatable bonds is 6. The standard InChI is InChI=1S/C15H21NO2/c1-5-14(18-15(17)11(2)3)16-12(4)13-9-7-6-8-10-13/h6-10,12,14,16H,2,5H2,1,3-4H3. The van der Waals surface area contributed by atoms with Crippen LogP contribution in [0.25, 0.3) is 0 Å². The average Bonchev–Trinajstić information content (AvgIpc) is 2.38. The number of ether oxygens (including phenoxy) is 1. The van der Waals surface area contributed by atoms with E-state index < -0.39 is 0 Å². The largest absolute Gasteiger partial charge is 0.443 e. The Morgan fingerprint density at radius 3 is 2.50 bits per heavy atom. The maximum absolute atomic E-state index is 11.5. The maximum atomic E-state index is 11.5. The molecule has 3 heteroatoms. The lowest BCUT2D eigenvalue weighted by Gasteiger charge is -2.22. The molecule has 1 aromatic carbocycles. The first-order chi connectivity index (χ1) is 8.54. The van der Waals surface area contributed by atoms with Gasteiger partial charge in [0.2, 0.25) is 0 Å². The Morgan fingerprint density at radius 1 is 1.39 bits per heavy atom. The zero-order valence-corrected chi connectivity index (χ0v) is 11.3. The summed E-state index contributed by atoms with van der Waals surface area (Å²) in [4.78, 5) is 11.5. The van der Waals surface area contributed by atoms with Crippen LogP contribution in [0.3, 0.4) is 0 Å². The third-order valence-corrected chi connectivity index (χ3v) is 2.70. The molecule has 0 aliphatic carbocycles. The summed E-state index contributed by atoms with van der Waals surface area (Å²) in [6.07, 6.45) is 0.431. The van der Waals surface area contributed by atoms with Gasteiger partial charge in [0, 0.05) is 11.6 Å². The molecule has 18 heavy (non-hydrogen) atoms. The van der Waals surface area contributed by atoms with E-state index in [0.29, 0.717) is 5.57 Å². The molecule has 0 spiro atoms. The monoisotopic (exact) mass is 247 g/mol. The fourth-order valence-electron chi connectivity index (χ4n) is 1.58. The van der Waals surface area contributed by atoms with E-state index in [1.807, 2.05) is 44.2 Å². The second kappa shape index (κ2) is 6.97. The van der Waals surface area contributed by atoms with Crippen molar-refractivity contribution >= 4 is 5.97 Å². The molecular weight excluding hydrogens is 226 g/mol. The number of benzene rings is 1. The Balaban J connectivity index is 2.58. The summed E-state index contributed by atoms with van der Waals surface area (Å²) in [5, 5.41) is 3.28. The number of esters is 1. The summed E-state index contributed by atoms with van der Waals surface area (Å²) in [5.74, 6) is -0.352. The predicted molar refractivity (Wildman–Crippen MR) is 73.0 cm³/mol. The zero-order chi connectivity index (χ0) is 13.5. The lowest BCUT2D eigenvalue weighted by Crippen LogP contribution is -2.35. The van der Waals surface area contributed by atoms with Gasteiger partial charge in [-0.2, -0.15) is 0 Å². The first-order valence-corrected chi connectivity index (χ1v) is 6.22. The Labute approximate surface area is 109 Å². The average molecular weight is 247 g/mol. The van der Waals surface area contributed by atoms with Crippen LogP contribution < -0.4 is 5.32 Å². The van der Waals surface area contributed by atoms with Gasteiger partial charge < -0.3 is 4.74 Å². The minimum atomic E-state index is -0.352. The van der Waals surface area contributed by atoms with E-state index in [1.54, 1.807) is 6.92 Å². The van der Waals surface area contributed by atoms with Gasteiger partial charge in [0.25, 0.3) is 0 Å². The molecule has 0 aromatic heterocycles. The van der Waals surface area contributed by atoms with Crippen molar-refractivity contribution in [1.29, 1.82) is 0 Å². The molecule has 0 aliphatic heterocycles. The highest BCUT2D eigenvalue weighted by Gasteiger charge is 2.15. The molecule has 2 atom stereocenters. The van der Waals surface area contributed by atoms with Gasteiger partial charge in [0.15, 0.2) is 6.23 Å². The summed E-state index contributed by atoms with van der Waals surface area (Å²) in [6, 6.07) is 10.2. The molecule has 1 rings (SSSR count). The van der Waals surface area contributed by atoms with Crippen LogP contribution in [0.15, 0.2) is 42.5 Å². The van der Waals surface area contributed by atoms with Gasteiger partial charge in [-0.15, -0.1) is 0 Å². The van der Waals surface area contributed by atoms with Crippen molar-refractivity contribution in [2.45, 2.75) is 39.5 Å². The van der Waals surface area contributed by atoms with Gasteiger partial charge in [0.1, 0.15) is 0 Å². The van der Waals surface area contributed by atoms with Gasteiger partial charge in [-0.05, 0) is 25.8 Å². The second-order valence-corrected chi connectivity index (χ2v) is 4.38. The molecule has 0 heterocycles. The second-order valence-electron chi connectivity index (χ2n) is 4.38. The van der Waals surface area contributed by atoms with E-state index in [0.717, 1.165) is 6.42 Å². The first kappa shape index (κ1) is 14.5. The van der Waals surface area contributed by atoms with Gasteiger partial charge in [-0.3, -0.25) is 5.32 Å². The molecule has 0 saturated heterocycles. The Morgan fingerprint density at radius 2 is 2.00 bits per heavy atom. The van der Waals surface area contributed by atoms with E-state index in [4.69, 9.17) is 4.74 Å². The Hall–Kier alpha value is -1.61. The highest BCUT2D eigenvalue weighted by molar-refractivity contribution is 5.87. The van der Waals surface area contributed by atoms with Crippen molar-refractivity contribution in [2.24, 2.45) is 0 Å². The van der Waals surface area contributed by atoms with E-state index in [9.17, 15) is 4.79 Å². The highest BCUT2D eigenvalue weighted by atomic mass is 16.6. The fourth-order valence-corrected chi connectivity index (χ4v) is 1.58. The Bertz CT molecular complexity index is 400. The molecule has 0 radical (unpaired) electrons. The number of carbonyl (C=O) groups is 1. The molecule has 0 bridgehead atoms. The van der Waals surface area contributed by atoms with Crippen molar-refractivity contribution in [1.82, 2.24) is 5.32 Å². The van der Waals surface area contributed by atoms with E-state index in [2.05, 4.69) is 11.9 Å². The summed E-state index contributed by atoms with van der Waals surface area (Å²) in [6.45, 7) is 9.25. The highest BCUT2D eigenvalue weighted by Crippen LogP contribution is 2.13. The van der Waals surface area contributed by atoms with Crippen LogP contribution in [0.4, 0.5) is 0 Å². The molecule has 98 valence electrons. The van der Waals surface area contributed by atoms with Crippen LogP contribution in [0.2, 0.25) is 0 Å². The molecule has 0 saturated carbocycles. The third-order valence-electron chi connectivity index (χ3n) is 2.70. The van der Waals surface area contributed by atoms with Crippen LogP contribution in [0.1, 0.15) is 38.8 Å². The summed E-state index contributed by atoms with van der Waals surface area (Å²) >= 11 is 0. The smallest absolute Gasteiger partial charge is 0.334 e. The topological polar surface area (TPSA) is 38.3 Å². The van der Waals surface area contributed by atoms with Gasteiger partial charge in [0.05, 0.1) is 0 Å². The van der Waals surface area contributed by atoms with Crippen molar-refractivity contribution in [3.63, 3.8) is 0 Å². The SMILES string of the molecule is C=C(C)C(=O)OC(CC)NC(C)c1ccccc1. The molecule has 0 fully saturated rings. The number of hydrogen-bond donors (Lipinski definition) is 1. The molecule has 1 aromatic rings. The molecular formula is C15H21NO2. The summed E-state index contributed by atoms with van der Waals surface area (Å²) in [5.41, 5.74) is 1.59. The van der Waals surface area contributed by atoms with Crippen molar-refractivity contribution in [2.75, 3.05) is 0 Å². The summed E-state index contributed by atoms with van der Waals surface area (Å²) < 4.78 is 5.30. The van der Waals surface area contributed by atoms with Crippen LogP contribution in [0.5, 0.6) is 0 Å². The van der Waals surface area contributed by atoms with Crippen molar-refractivity contribution < 1.29 is 9.53 Å². The molecule has 1 N–H and O–H groups in total. The van der Waals surface area contributed by atoms with Crippen LogP contribution >= 0.6 is 0 Å². The van der Waals surface area contributed by atoms with E-state index in [1.165, 1.54) is 5.56 Å². The number of nitrogens with one attached hydrogen (secondary N) is 1. The molecule has 0 aliphatic rings.